The van der Waals surface area contributed by atoms with Crippen molar-refractivity contribution >= 4 is 18.5 Å². The molecule has 0 bridgehead atoms. The number of hydrogen-bond donors (Lipinski definition) is 1. The lowest BCUT2D eigenvalue weighted by atomic mass is 9.87. The van der Waals surface area contributed by atoms with Gasteiger partial charge in [0.15, 0.2) is 0 Å². The van der Waals surface area contributed by atoms with Crippen molar-refractivity contribution in [1.29, 1.82) is 0 Å². The molecule has 17 heavy (non-hydrogen) atoms. The average Bonchev–Trinajstić information content (AvgIpc) is 2.09. The number of hydrogen-bond acceptors (Lipinski definition) is 3. The fraction of sp³-hybridized carbons (Fsp3) is 0.923. The molecule has 0 saturated carbocycles. The van der Waals surface area contributed by atoms with Gasteiger partial charge < -0.3 is 4.90 Å². The van der Waals surface area contributed by atoms with Crippen molar-refractivity contribution in [2.45, 2.75) is 57.4 Å². The molecule has 1 aliphatic rings. The molecule has 1 heterocycles. The van der Waals surface area contributed by atoms with E-state index in [4.69, 9.17) is 0 Å². The van der Waals surface area contributed by atoms with Crippen molar-refractivity contribution in [2.24, 2.45) is 0 Å². The lowest BCUT2D eigenvalue weighted by Gasteiger charge is -2.54. The monoisotopic (exact) mass is 258 g/mol. The molecule has 1 fully saturated rings. The van der Waals surface area contributed by atoms with E-state index in [0.29, 0.717) is 6.54 Å². The summed E-state index contributed by atoms with van der Waals surface area (Å²) in [6, 6.07) is 0. The maximum absolute atomic E-state index is 12.5. The van der Waals surface area contributed by atoms with Gasteiger partial charge in [0.05, 0.1) is 5.54 Å². The Morgan fingerprint density at radius 2 is 1.76 bits per heavy atom. The van der Waals surface area contributed by atoms with Gasteiger partial charge in [-0.2, -0.15) is 12.6 Å². The summed E-state index contributed by atoms with van der Waals surface area (Å²) in [5.74, 6) is 0.196. The summed E-state index contributed by atoms with van der Waals surface area (Å²) in [5, 5.41) is 0. The average molecular weight is 258 g/mol. The molecule has 100 valence electrons. The summed E-state index contributed by atoms with van der Waals surface area (Å²) >= 11 is 4.53. The summed E-state index contributed by atoms with van der Waals surface area (Å²) in [6.07, 6.45) is 0. The van der Waals surface area contributed by atoms with Crippen LogP contribution in [0.4, 0.5) is 0 Å². The molecule has 0 aromatic heterocycles. The molecule has 1 amide bonds. The Morgan fingerprint density at radius 1 is 1.29 bits per heavy atom. The van der Waals surface area contributed by atoms with Crippen LogP contribution < -0.4 is 0 Å². The van der Waals surface area contributed by atoms with E-state index in [0.717, 1.165) is 6.54 Å². The third-order valence-electron chi connectivity index (χ3n) is 3.71. The maximum atomic E-state index is 12.5. The normalized spacial score (nSPS) is 25.2. The van der Waals surface area contributed by atoms with Crippen molar-refractivity contribution in [1.82, 2.24) is 9.80 Å². The van der Waals surface area contributed by atoms with Crippen LogP contribution >= 0.6 is 12.6 Å². The van der Waals surface area contributed by atoms with Crippen LogP contribution in [0.15, 0.2) is 0 Å². The Bertz CT molecular complexity index is 318. The van der Waals surface area contributed by atoms with Crippen molar-refractivity contribution in [3.05, 3.63) is 0 Å². The van der Waals surface area contributed by atoms with Gasteiger partial charge in [-0.25, -0.2) is 0 Å². The van der Waals surface area contributed by atoms with E-state index in [2.05, 4.69) is 31.4 Å². The van der Waals surface area contributed by atoms with Crippen LogP contribution in [0.2, 0.25) is 0 Å². The first kappa shape index (κ1) is 14.8. The Hall–Kier alpha value is -0.220. The molecule has 0 unspecified atom stereocenters. The summed E-state index contributed by atoms with van der Waals surface area (Å²) < 4.78 is -0.155. The summed E-state index contributed by atoms with van der Waals surface area (Å²) in [5.41, 5.74) is -0.447. The molecule has 1 saturated heterocycles. The molecule has 1 rings (SSSR count). The summed E-state index contributed by atoms with van der Waals surface area (Å²) in [6.45, 7) is 13.9. The van der Waals surface area contributed by atoms with Gasteiger partial charge in [-0.3, -0.25) is 9.69 Å². The van der Waals surface area contributed by atoms with E-state index in [1.165, 1.54) is 0 Å². The van der Waals surface area contributed by atoms with Crippen LogP contribution in [0.3, 0.4) is 0 Å². The minimum absolute atomic E-state index is 0.00353. The van der Waals surface area contributed by atoms with E-state index >= 15 is 0 Å². The molecule has 4 heteroatoms. The largest absolute Gasteiger partial charge is 0.338 e. The predicted molar refractivity (Wildman–Crippen MR) is 75.6 cm³/mol. The van der Waals surface area contributed by atoms with E-state index in [9.17, 15) is 4.79 Å². The van der Waals surface area contributed by atoms with Crippen LogP contribution in [-0.2, 0) is 4.79 Å². The second kappa shape index (κ2) is 4.16. The standard InChI is InChI=1S/C13H26N2OS/c1-11(2)8-15(9-12(3,4)17)10(16)13(5,6)14(11)7/h17H,8-9H2,1-7H3. The lowest BCUT2D eigenvalue weighted by Crippen LogP contribution is -2.70. The highest BCUT2D eigenvalue weighted by atomic mass is 32.1. The number of carbonyl (C=O) groups excluding carboxylic acids is 1. The topological polar surface area (TPSA) is 23.6 Å². The first-order valence-electron chi connectivity index (χ1n) is 6.14. The second-order valence-electron chi connectivity index (χ2n) is 6.90. The van der Waals surface area contributed by atoms with Gasteiger partial charge in [-0.1, -0.05) is 0 Å². The molecule has 1 aliphatic heterocycles. The first-order valence-corrected chi connectivity index (χ1v) is 6.58. The van der Waals surface area contributed by atoms with Gasteiger partial charge in [-0.15, -0.1) is 0 Å². The minimum atomic E-state index is -0.444. The molecule has 3 nitrogen and oxygen atoms in total. The van der Waals surface area contributed by atoms with Crippen molar-refractivity contribution in [2.75, 3.05) is 20.1 Å². The fourth-order valence-corrected chi connectivity index (χ4v) is 2.70. The molecule has 0 atom stereocenters. The number of nitrogens with zero attached hydrogens (tertiary/aromatic N) is 2. The van der Waals surface area contributed by atoms with Crippen LogP contribution in [0, 0.1) is 0 Å². The number of amides is 1. The highest BCUT2D eigenvalue weighted by Crippen LogP contribution is 2.32. The zero-order chi connectivity index (χ0) is 13.6. The number of thiol groups is 1. The molecule has 0 aliphatic carbocycles. The van der Waals surface area contributed by atoms with Crippen molar-refractivity contribution < 1.29 is 4.79 Å². The van der Waals surface area contributed by atoms with Crippen molar-refractivity contribution in [3.63, 3.8) is 0 Å². The molecular formula is C13H26N2OS. The molecular weight excluding hydrogens is 232 g/mol. The molecule has 0 radical (unpaired) electrons. The quantitative estimate of drug-likeness (QED) is 0.766. The number of carbonyl (C=O) groups is 1. The Labute approximate surface area is 111 Å². The number of rotatable bonds is 2. The zero-order valence-corrected chi connectivity index (χ0v) is 13.1. The van der Waals surface area contributed by atoms with Crippen LogP contribution in [-0.4, -0.2) is 51.7 Å². The third-order valence-corrected chi connectivity index (χ3v) is 3.85. The van der Waals surface area contributed by atoms with E-state index in [1.54, 1.807) is 0 Å². The number of piperazine rings is 1. The summed E-state index contributed by atoms with van der Waals surface area (Å²) in [7, 11) is 2.03. The van der Waals surface area contributed by atoms with E-state index in [-0.39, 0.29) is 16.2 Å². The van der Waals surface area contributed by atoms with Crippen molar-refractivity contribution in [3.8, 4) is 0 Å². The predicted octanol–water partition coefficient (Wildman–Crippen LogP) is 2.03. The van der Waals surface area contributed by atoms with Gasteiger partial charge in [0.2, 0.25) is 5.91 Å². The van der Waals surface area contributed by atoms with E-state index < -0.39 is 5.54 Å². The van der Waals surface area contributed by atoms with Gasteiger partial charge in [0.25, 0.3) is 0 Å². The molecule has 0 aromatic carbocycles. The van der Waals surface area contributed by atoms with Gasteiger partial charge in [0, 0.05) is 23.4 Å². The smallest absolute Gasteiger partial charge is 0.242 e. The summed E-state index contributed by atoms with van der Waals surface area (Å²) in [4.78, 5) is 16.6. The van der Waals surface area contributed by atoms with Gasteiger partial charge in [-0.05, 0) is 48.6 Å². The Morgan fingerprint density at radius 3 is 2.18 bits per heavy atom. The van der Waals surface area contributed by atoms with Gasteiger partial charge in [0.1, 0.15) is 0 Å². The Balaban J connectivity index is 3.00. The molecule has 0 N–H and O–H groups in total. The first-order chi connectivity index (χ1) is 7.38. The highest BCUT2D eigenvalue weighted by molar-refractivity contribution is 7.81. The molecule has 0 spiro atoms. The third kappa shape index (κ3) is 2.97. The van der Waals surface area contributed by atoms with Crippen LogP contribution in [0.25, 0.3) is 0 Å². The second-order valence-corrected chi connectivity index (χ2v) is 8.11. The lowest BCUT2D eigenvalue weighted by molar-refractivity contribution is -0.157. The highest BCUT2D eigenvalue weighted by Gasteiger charge is 2.48. The Kier molecular flexibility index (Phi) is 3.63. The van der Waals surface area contributed by atoms with E-state index in [1.807, 2.05) is 39.6 Å². The maximum Gasteiger partial charge on any atom is 0.242 e. The van der Waals surface area contributed by atoms with Gasteiger partial charge >= 0.3 is 0 Å². The zero-order valence-electron chi connectivity index (χ0n) is 12.2. The molecule has 0 aromatic rings. The number of likely N-dealkylation sites (N-methyl/N-ethyl adjacent to an activating group) is 1. The fourth-order valence-electron chi connectivity index (χ4n) is 2.53. The SMILES string of the molecule is CN1C(C)(C)CN(CC(C)(C)S)C(=O)C1(C)C. The van der Waals surface area contributed by atoms with Crippen LogP contribution in [0.5, 0.6) is 0 Å². The van der Waals surface area contributed by atoms with Crippen LogP contribution in [0.1, 0.15) is 41.5 Å². The minimum Gasteiger partial charge on any atom is -0.338 e.